The van der Waals surface area contributed by atoms with E-state index >= 15 is 0 Å². The molecular weight excluding hydrogens is 284 g/mol. The molecule has 2 saturated carbocycles. The van der Waals surface area contributed by atoms with Gasteiger partial charge in [0.2, 0.25) is 0 Å². The molecule has 110 valence electrons. The molecule has 4 aliphatic rings. The smallest absolute Gasteiger partial charge is 0.159 e. The predicted molar refractivity (Wildman–Crippen MR) is 87.9 cm³/mol. The van der Waals surface area contributed by atoms with Gasteiger partial charge in [-0.25, -0.2) is 0 Å². The molecule has 0 aromatic carbocycles. The molecule has 4 bridgehead atoms. The Morgan fingerprint density at radius 2 is 1.85 bits per heavy atom. The number of thioether (sulfide) groups is 2. The average Bonchev–Trinajstić information content (AvgIpc) is 2.90. The molecule has 1 nitrogen and oxygen atoms in total. The lowest BCUT2D eigenvalue weighted by Crippen LogP contribution is -2.53. The Morgan fingerprint density at radius 3 is 2.50 bits per heavy atom. The van der Waals surface area contributed by atoms with Gasteiger partial charge in [-0.3, -0.25) is 4.79 Å². The first kappa shape index (κ1) is 13.8. The molecule has 1 saturated heterocycles. The maximum absolute atomic E-state index is 12.6. The van der Waals surface area contributed by atoms with E-state index in [1.54, 1.807) is 0 Å². The van der Waals surface area contributed by atoms with Crippen LogP contribution in [0.25, 0.3) is 0 Å². The Balaban J connectivity index is 1.87. The molecule has 3 aliphatic carbocycles. The molecule has 1 heterocycles. The van der Waals surface area contributed by atoms with Crippen LogP contribution in [0, 0.1) is 35.0 Å². The summed E-state index contributed by atoms with van der Waals surface area (Å²) in [5.41, 5.74) is 1.64. The Bertz CT molecular complexity index is 501. The maximum Gasteiger partial charge on any atom is 0.159 e. The van der Waals surface area contributed by atoms with Crippen molar-refractivity contribution in [1.82, 2.24) is 0 Å². The number of hydrogen-bond donors (Lipinski definition) is 0. The summed E-state index contributed by atoms with van der Waals surface area (Å²) in [7, 11) is 0. The van der Waals surface area contributed by atoms with E-state index in [2.05, 4.69) is 51.2 Å². The number of hydrogen-bond acceptors (Lipinski definition) is 3. The Kier molecular flexibility index (Phi) is 2.82. The second kappa shape index (κ2) is 4.10. The second-order valence-corrected chi connectivity index (χ2v) is 10.8. The highest BCUT2D eigenvalue weighted by Crippen LogP contribution is 2.73. The molecule has 0 radical (unpaired) electrons. The highest BCUT2D eigenvalue weighted by molar-refractivity contribution is 8.21. The van der Waals surface area contributed by atoms with Crippen LogP contribution in [0.15, 0.2) is 11.6 Å². The molecule has 0 aromatic heterocycles. The van der Waals surface area contributed by atoms with Gasteiger partial charge >= 0.3 is 0 Å². The lowest BCUT2D eigenvalue weighted by molar-refractivity contribution is -0.122. The molecule has 3 fully saturated rings. The monoisotopic (exact) mass is 308 g/mol. The van der Waals surface area contributed by atoms with Crippen molar-refractivity contribution < 1.29 is 4.79 Å². The maximum atomic E-state index is 12.6. The van der Waals surface area contributed by atoms with Crippen molar-refractivity contribution in [2.75, 3.05) is 11.5 Å². The van der Waals surface area contributed by atoms with E-state index in [4.69, 9.17) is 0 Å². The van der Waals surface area contributed by atoms with Crippen molar-refractivity contribution in [3.63, 3.8) is 0 Å². The van der Waals surface area contributed by atoms with Crippen LogP contribution in [0.2, 0.25) is 0 Å². The van der Waals surface area contributed by atoms with E-state index < -0.39 is 0 Å². The Labute approximate surface area is 130 Å². The minimum Gasteiger partial charge on any atom is -0.295 e. The predicted octanol–water partition coefficient (Wildman–Crippen LogP) is 4.24. The fourth-order valence-corrected chi connectivity index (χ4v) is 9.66. The van der Waals surface area contributed by atoms with Crippen molar-refractivity contribution in [1.29, 1.82) is 0 Å². The minimum absolute atomic E-state index is 0.264. The largest absolute Gasteiger partial charge is 0.295 e. The molecule has 1 aliphatic heterocycles. The van der Waals surface area contributed by atoms with Gasteiger partial charge in [0.25, 0.3) is 0 Å². The van der Waals surface area contributed by atoms with Crippen LogP contribution in [0.3, 0.4) is 0 Å². The molecule has 0 aromatic rings. The summed E-state index contributed by atoms with van der Waals surface area (Å²) < 4.78 is 0.375. The third kappa shape index (κ3) is 1.42. The molecular formula is C17H24OS2. The Morgan fingerprint density at radius 1 is 1.20 bits per heavy atom. The van der Waals surface area contributed by atoms with Crippen molar-refractivity contribution in [3.8, 4) is 0 Å². The molecule has 0 unspecified atom stereocenters. The van der Waals surface area contributed by atoms with Gasteiger partial charge in [0.1, 0.15) is 0 Å². The van der Waals surface area contributed by atoms with Crippen LogP contribution in [-0.2, 0) is 4.79 Å². The summed E-state index contributed by atoms with van der Waals surface area (Å²) in [6.45, 7) is 9.48. The SMILES string of the molecule is CC1=CC(=O)[C@H]2[C@@H](C)[C@H]3CC4(SCCS4)C(C)(C)[C@H]2[C@H]13. The Hall–Kier alpha value is 0.110. The first-order valence-corrected chi connectivity index (χ1v) is 9.86. The normalized spacial score (nSPS) is 47.7. The number of carbonyl (C=O) groups is 1. The van der Waals surface area contributed by atoms with Gasteiger partial charge in [0.05, 0.1) is 4.08 Å². The zero-order chi connectivity index (χ0) is 14.3. The van der Waals surface area contributed by atoms with Gasteiger partial charge in [-0.2, -0.15) is 0 Å². The fraction of sp³-hybridized carbons (Fsp3) is 0.824. The van der Waals surface area contributed by atoms with Gasteiger partial charge in [-0.15, -0.1) is 23.5 Å². The molecule has 3 heteroatoms. The summed E-state index contributed by atoms with van der Waals surface area (Å²) in [6.07, 6.45) is 3.29. The lowest BCUT2D eigenvalue weighted by Gasteiger charge is -2.55. The zero-order valence-electron chi connectivity index (χ0n) is 12.8. The summed E-state index contributed by atoms with van der Waals surface area (Å²) in [5, 5.41) is 0. The number of ketones is 1. The number of carbonyl (C=O) groups excluding carboxylic acids is 1. The van der Waals surface area contributed by atoms with E-state index in [1.807, 2.05) is 6.08 Å². The third-order valence-electron chi connectivity index (χ3n) is 6.77. The van der Waals surface area contributed by atoms with Crippen LogP contribution in [0.4, 0.5) is 0 Å². The van der Waals surface area contributed by atoms with Crippen molar-refractivity contribution >= 4 is 29.3 Å². The first-order chi connectivity index (χ1) is 9.39. The van der Waals surface area contributed by atoms with Crippen molar-refractivity contribution in [2.24, 2.45) is 35.0 Å². The van der Waals surface area contributed by atoms with Crippen LogP contribution in [0.5, 0.6) is 0 Å². The van der Waals surface area contributed by atoms with Crippen LogP contribution in [-0.4, -0.2) is 21.4 Å². The zero-order valence-corrected chi connectivity index (χ0v) is 14.4. The molecule has 0 N–H and O–H groups in total. The van der Waals surface area contributed by atoms with Gasteiger partial charge in [-0.05, 0) is 48.5 Å². The van der Waals surface area contributed by atoms with E-state index in [0.717, 1.165) is 5.92 Å². The molecule has 5 atom stereocenters. The van der Waals surface area contributed by atoms with E-state index in [0.29, 0.717) is 33.5 Å². The highest BCUT2D eigenvalue weighted by Gasteiger charge is 2.69. The van der Waals surface area contributed by atoms with E-state index in [1.165, 1.54) is 23.5 Å². The van der Waals surface area contributed by atoms with Gasteiger partial charge in [-0.1, -0.05) is 26.3 Å². The quantitative estimate of drug-likeness (QED) is 0.666. The second-order valence-electron chi connectivity index (χ2n) is 7.77. The van der Waals surface area contributed by atoms with Crippen LogP contribution in [0.1, 0.15) is 34.1 Å². The van der Waals surface area contributed by atoms with Gasteiger partial charge in [0, 0.05) is 17.4 Å². The fourth-order valence-electron chi connectivity index (χ4n) is 5.87. The first-order valence-electron chi connectivity index (χ1n) is 7.89. The van der Waals surface area contributed by atoms with Crippen LogP contribution < -0.4 is 0 Å². The van der Waals surface area contributed by atoms with Crippen molar-refractivity contribution in [2.45, 2.75) is 38.2 Å². The summed E-state index contributed by atoms with van der Waals surface area (Å²) in [4.78, 5) is 12.6. The highest BCUT2D eigenvalue weighted by atomic mass is 32.2. The van der Waals surface area contributed by atoms with E-state index in [9.17, 15) is 4.79 Å². The van der Waals surface area contributed by atoms with E-state index in [-0.39, 0.29) is 5.41 Å². The molecule has 4 rings (SSSR count). The standard InChI is InChI=1S/C17H24OS2/c1-9-7-12(18)14-10(2)11-8-17(19-5-6-20-17)16(3,4)15(14)13(9)11/h7,10-11,13-15H,5-6,8H2,1-4H3/t10-,11+,13+,14+,15-/m0/s1. The summed E-state index contributed by atoms with van der Waals surface area (Å²) in [6, 6.07) is 0. The summed E-state index contributed by atoms with van der Waals surface area (Å²) >= 11 is 4.39. The lowest BCUT2D eigenvalue weighted by atomic mass is 9.58. The van der Waals surface area contributed by atoms with Crippen LogP contribution >= 0.6 is 23.5 Å². The average molecular weight is 309 g/mol. The third-order valence-corrected chi connectivity index (χ3v) is 10.9. The topological polar surface area (TPSA) is 17.1 Å². The number of rotatable bonds is 0. The van der Waals surface area contributed by atoms with Gasteiger partial charge in [0.15, 0.2) is 5.78 Å². The molecule has 1 spiro atoms. The van der Waals surface area contributed by atoms with Crippen molar-refractivity contribution in [3.05, 3.63) is 11.6 Å². The molecule has 20 heavy (non-hydrogen) atoms. The minimum atomic E-state index is 0.264. The van der Waals surface area contributed by atoms with Gasteiger partial charge < -0.3 is 0 Å². The summed E-state index contributed by atoms with van der Waals surface area (Å²) in [5.74, 6) is 5.87. The number of allylic oxidation sites excluding steroid dienone is 2. The molecule has 0 amide bonds.